The van der Waals surface area contributed by atoms with Crippen LogP contribution in [0, 0.1) is 11.8 Å². The highest BCUT2D eigenvalue weighted by Gasteiger charge is 2.24. The van der Waals surface area contributed by atoms with E-state index in [0.717, 1.165) is 32.1 Å². The summed E-state index contributed by atoms with van der Waals surface area (Å²) in [6, 6.07) is 0.570. The number of esters is 1. The van der Waals surface area contributed by atoms with Crippen molar-refractivity contribution in [2.45, 2.75) is 46.1 Å². The summed E-state index contributed by atoms with van der Waals surface area (Å²) in [6.45, 7) is 10.9. The van der Waals surface area contributed by atoms with Gasteiger partial charge in [-0.05, 0) is 31.2 Å². The molecule has 0 aliphatic carbocycles. The molecule has 1 rings (SSSR count). The van der Waals surface area contributed by atoms with Crippen molar-refractivity contribution in [2.24, 2.45) is 11.8 Å². The van der Waals surface area contributed by atoms with Crippen molar-refractivity contribution in [2.75, 3.05) is 33.3 Å². The van der Waals surface area contributed by atoms with Crippen LogP contribution in [-0.2, 0) is 9.53 Å². The first-order valence-corrected chi connectivity index (χ1v) is 7.53. The Morgan fingerprint density at radius 1 is 1.42 bits per heavy atom. The fourth-order valence-corrected chi connectivity index (χ4v) is 2.72. The van der Waals surface area contributed by atoms with E-state index in [2.05, 4.69) is 31.0 Å². The predicted octanol–water partition coefficient (Wildman–Crippen LogP) is 1.90. The molecule has 4 nitrogen and oxygen atoms in total. The molecule has 0 aromatic heterocycles. The molecule has 0 radical (unpaired) electrons. The molecule has 1 fully saturated rings. The second kappa shape index (κ2) is 8.54. The van der Waals surface area contributed by atoms with Crippen LogP contribution < -0.4 is 5.32 Å². The van der Waals surface area contributed by atoms with Crippen molar-refractivity contribution in [1.29, 1.82) is 0 Å². The van der Waals surface area contributed by atoms with Crippen LogP contribution in [0.25, 0.3) is 0 Å². The van der Waals surface area contributed by atoms with Crippen LogP contribution in [0.2, 0.25) is 0 Å². The van der Waals surface area contributed by atoms with Crippen molar-refractivity contribution < 1.29 is 9.53 Å². The van der Waals surface area contributed by atoms with Crippen molar-refractivity contribution in [3.63, 3.8) is 0 Å². The number of nitrogens with one attached hydrogen (secondary N) is 1. The highest BCUT2D eigenvalue weighted by Crippen LogP contribution is 2.16. The topological polar surface area (TPSA) is 41.6 Å². The van der Waals surface area contributed by atoms with E-state index in [9.17, 15) is 4.79 Å². The molecule has 19 heavy (non-hydrogen) atoms. The molecule has 1 saturated heterocycles. The summed E-state index contributed by atoms with van der Waals surface area (Å²) in [5.41, 5.74) is 0. The molecule has 0 saturated carbocycles. The predicted molar refractivity (Wildman–Crippen MR) is 78.1 cm³/mol. The van der Waals surface area contributed by atoms with Crippen molar-refractivity contribution in [1.82, 2.24) is 10.2 Å². The normalized spacial score (nSPS) is 24.7. The fraction of sp³-hybridized carbons (Fsp3) is 0.933. The van der Waals surface area contributed by atoms with E-state index in [4.69, 9.17) is 4.74 Å². The van der Waals surface area contributed by atoms with Gasteiger partial charge in [0.25, 0.3) is 0 Å². The molecule has 0 bridgehead atoms. The summed E-state index contributed by atoms with van der Waals surface area (Å²) in [5, 5.41) is 3.66. The lowest BCUT2D eigenvalue weighted by Gasteiger charge is -2.37. The molecular formula is C15H30N2O2. The fourth-order valence-electron chi connectivity index (χ4n) is 2.72. The van der Waals surface area contributed by atoms with Crippen LogP contribution in [0.1, 0.15) is 40.0 Å². The standard InChI is InChI=1S/C15H30N2O2/c1-12(2)5-7-16-14-9-13(3)10-17(11-14)8-6-15(18)19-4/h12-14,16H,5-11H2,1-4H3. The van der Waals surface area contributed by atoms with Gasteiger partial charge < -0.3 is 15.0 Å². The number of hydrogen-bond acceptors (Lipinski definition) is 4. The first kappa shape index (κ1) is 16.4. The minimum absolute atomic E-state index is 0.109. The molecule has 4 heteroatoms. The van der Waals surface area contributed by atoms with Crippen LogP contribution in [0.3, 0.4) is 0 Å². The van der Waals surface area contributed by atoms with Gasteiger partial charge in [0.05, 0.1) is 13.5 Å². The van der Waals surface area contributed by atoms with Crippen LogP contribution in [-0.4, -0.2) is 50.2 Å². The number of hydrogen-bond donors (Lipinski definition) is 1. The molecule has 1 aliphatic rings. The van der Waals surface area contributed by atoms with Gasteiger partial charge in [0, 0.05) is 25.7 Å². The summed E-state index contributed by atoms with van der Waals surface area (Å²) >= 11 is 0. The number of piperidine rings is 1. The van der Waals surface area contributed by atoms with Crippen molar-refractivity contribution >= 4 is 5.97 Å². The lowest BCUT2D eigenvalue weighted by Crippen LogP contribution is -2.49. The number of carbonyl (C=O) groups excluding carboxylic acids is 1. The van der Waals surface area contributed by atoms with E-state index in [1.165, 1.54) is 20.0 Å². The summed E-state index contributed by atoms with van der Waals surface area (Å²) in [7, 11) is 1.46. The zero-order chi connectivity index (χ0) is 14.3. The Morgan fingerprint density at radius 3 is 2.79 bits per heavy atom. The number of rotatable bonds is 7. The van der Waals surface area contributed by atoms with Crippen LogP contribution in [0.4, 0.5) is 0 Å². The molecule has 1 heterocycles. The van der Waals surface area contributed by atoms with Gasteiger partial charge in [-0.15, -0.1) is 0 Å². The molecule has 112 valence electrons. The Hall–Kier alpha value is -0.610. The van der Waals surface area contributed by atoms with E-state index >= 15 is 0 Å². The SMILES string of the molecule is COC(=O)CCN1CC(C)CC(NCCC(C)C)C1. The highest BCUT2D eigenvalue weighted by atomic mass is 16.5. The molecule has 0 spiro atoms. The summed E-state index contributed by atoms with van der Waals surface area (Å²) in [6.07, 6.45) is 2.97. The van der Waals surface area contributed by atoms with Gasteiger partial charge in [0.2, 0.25) is 0 Å². The quantitative estimate of drug-likeness (QED) is 0.717. The molecule has 0 amide bonds. The molecule has 1 N–H and O–H groups in total. The number of nitrogens with zero attached hydrogens (tertiary/aromatic N) is 1. The summed E-state index contributed by atoms with van der Waals surface area (Å²) in [5.74, 6) is 1.34. The van der Waals surface area contributed by atoms with Gasteiger partial charge in [-0.1, -0.05) is 20.8 Å². The van der Waals surface area contributed by atoms with Crippen LogP contribution in [0.5, 0.6) is 0 Å². The molecule has 2 atom stereocenters. The highest BCUT2D eigenvalue weighted by molar-refractivity contribution is 5.69. The van der Waals surface area contributed by atoms with E-state index in [-0.39, 0.29) is 5.97 Å². The Kier molecular flexibility index (Phi) is 7.39. The smallest absolute Gasteiger partial charge is 0.306 e. The van der Waals surface area contributed by atoms with Gasteiger partial charge in [-0.25, -0.2) is 0 Å². The van der Waals surface area contributed by atoms with E-state index in [1.54, 1.807) is 0 Å². The number of carbonyl (C=O) groups is 1. The maximum Gasteiger partial charge on any atom is 0.306 e. The summed E-state index contributed by atoms with van der Waals surface area (Å²) in [4.78, 5) is 13.6. The van der Waals surface area contributed by atoms with Crippen molar-refractivity contribution in [3.8, 4) is 0 Å². The average Bonchev–Trinajstić information content (AvgIpc) is 2.35. The Balaban J connectivity index is 2.29. The number of likely N-dealkylation sites (tertiary alicyclic amines) is 1. The Bertz CT molecular complexity index is 269. The average molecular weight is 270 g/mol. The lowest BCUT2D eigenvalue weighted by atomic mass is 9.95. The van der Waals surface area contributed by atoms with Crippen LogP contribution >= 0.6 is 0 Å². The molecule has 2 unspecified atom stereocenters. The molecular weight excluding hydrogens is 240 g/mol. The maximum absolute atomic E-state index is 11.2. The third-order valence-electron chi connectivity index (χ3n) is 3.75. The van der Waals surface area contributed by atoms with E-state index < -0.39 is 0 Å². The maximum atomic E-state index is 11.2. The van der Waals surface area contributed by atoms with Gasteiger partial charge in [0.1, 0.15) is 0 Å². The van der Waals surface area contributed by atoms with E-state index in [0.29, 0.717) is 18.4 Å². The minimum Gasteiger partial charge on any atom is -0.469 e. The second-order valence-electron chi connectivity index (χ2n) is 6.26. The van der Waals surface area contributed by atoms with Gasteiger partial charge in [-0.3, -0.25) is 4.79 Å². The Labute approximate surface area is 117 Å². The molecule has 0 aromatic rings. The zero-order valence-electron chi connectivity index (χ0n) is 12.9. The van der Waals surface area contributed by atoms with Gasteiger partial charge in [0.15, 0.2) is 0 Å². The first-order chi connectivity index (χ1) is 9.01. The zero-order valence-corrected chi connectivity index (χ0v) is 12.9. The largest absolute Gasteiger partial charge is 0.469 e. The number of ether oxygens (including phenoxy) is 1. The third-order valence-corrected chi connectivity index (χ3v) is 3.75. The first-order valence-electron chi connectivity index (χ1n) is 7.53. The minimum atomic E-state index is -0.109. The van der Waals surface area contributed by atoms with Crippen LogP contribution in [0.15, 0.2) is 0 Å². The lowest BCUT2D eigenvalue weighted by molar-refractivity contribution is -0.141. The second-order valence-corrected chi connectivity index (χ2v) is 6.26. The van der Waals surface area contributed by atoms with Crippen molar-refractivity contribution in [3.05, 3.63) is 0 Å². The monoisotopic (exact) mass is 270 g/mol. The summed E-state index contributed by atoms with van der Waals surface area (Å²) < 4.78 is 4.70. The Morgan fingerprint density at radius 2 is 2.16 bits per heavy atom. The van der Waals surface area contributed by atoms with E-state index in [1.807, 2.05) is 0 Å². The third kappa shape index (κ3) is 6.92. The van der Waals surface area contributed by atoms with Gasteiger partial charge >= 0.3 is 5.97 Å². The van der Waals surface area contributed by atoms with Gasteiger partial charge in [-0.2, -0.15) is 0 Å². The molecule has 0 aromatic carbocycles. The number of methoxy groups -OCH3 is 1. The molecule has 1 aliphatic heterocycles.